The molecule has 0 rings (SSSR count). The monoisotopic (exact) mass is 448 g/mol. The van der Waals surface area contributed by atoms with E-state index in [1.54, 1.807) is 13.8 Å². The number of halogens is 6. The van der Waals surface area contributed by atoms with Crippen LogP contribution in [0.4, 0.5) is 26.3 Å². The molecule has 0 amide bonds. The van der Waals surface area contributed by atoms with Gasteiger partial charge in [-0.3, -0.25) is 9.59 Å². The van der Waals surface area contributed by atoms with Crippen molar-refractivity contribution in [3.63, 3.8) is 0 Å². The minimum absolute atomic E-state index is 0.138. The Bertz CT molecular complexity index is 602. The number of hydrogen-bond donors (Lipinski definition) is 0. The molecule has 0 aromatic heterocycles. The molecule has 0 saturated carbocycles. The van der Waals surface area contributed by atoms with Crippen molar-refractivity contribution < 1.29 is 45.4 Å². The van der Waals surface area contributed by atoms with Crippen LogP contribution in [0, 0.1) is 16.2 Å². The van der Waals surface area contributed by atoms with Crippen LogP contribution in [0.15, 0.2) is 12.7 Å². The van der Waals surface area contributed by atoms with Crippen LogP contribution < -0.4 is 0 Å². The summed E-state index contributed by atoms with van der Waals surface area (Å²) in [5.41, 5.74) is -3.14. The molecule has 4 nitrogen and oxygen atoms in total. The zero-order chi connectivity index (χ0) is 24.2. The minimum atomic E-state index is -5.81. The van der Waals surface area contributed by atoms with Crippen molar-refractivity contribution in [2.24, 2.45) is 16.2 Å². The Morgan fingerprint density at radius 3 is 1.73 bits per heavy atom. The SMILES string of the molecule is C=CCC(CC)(CCOC(=O)C(C)(C)C(C)(C)C)C(=O)OC(C(F)(F)F)C(F)(F)F. The minimum Gasteiger partial charge on any atom is -0.465 e. The van der Waals surface area contributed by atoms with Gasteiger partial charge in [0.05, 0.1) is 17.4 Å². The van der Waals surface area contributed by atoms with Gasteiger partial charge in [-0.1, -0.05) is 33.8 Å². The van der Waals surface area contributed by atoms with E-state index < -0.39 is 46.6 Å². The fraction of sp³-hybridized carbons (Fsp3) is 0.800. The highest BCUT2D eigenvalue weighted by atomic mass is 19.4. The normalized spacial score (nSPS) is 15.5. The number of esters is 2. The summed E-state index contributed by atoms with van der Waals surface area (Å²) in [4.78, 5) is 24.8. The van der Waals surface area contributed by atoms with Crippen molar-refractivity contribution >= 4 is 11.9 Å². The van der Waals surface area contributed by atoms with Gasteiger partial charge in [0.25, 0.3) is 6.10 Å². The predicted molar refractivity (Wildman–Crippen MR) is 98.3 cm³/mol. The van der Waals surface area contributed by atoms with Crippen molar-refractivity contribution in [1.82, 2.24) is 0 Å². The molecule has 0 saturated heterocycles. The van der Waals surface area contributed by atoms with E-state index in [4.69, 9.17) is 4.74 Å². The summed E-state index contributed by atoms with van der Waals surface area (Å²) in [5, 5.41) is 0. The van der Waals surface area contributed by atoms with Crippen LogP contribution in [0.3, 0.4) is 0 Å². The largest absolute Gasteiger partial charge is 0.465 e. The van der Waals surface area contributed by atoms with Crippen LogP contribution in [0.5, 0.6) is 0 Å². The van der Waals surface area contributed by atoms with Gasteiger partial charge < -0.3 is 9.47 Å². The van der Waals surface area contributed by atoms with Crippen molar-refractivity contribution in [3.05, 3.63) is 12.7 Å². The maximum atomic E-state index is 12.8. The first-order valence-corrected chi connectivity index (χ1v) is 9.39. The van der Waals surface area contributed by atoms with Crippen LogP contribution >= 0.6 is 0 Å². The lowest BCUT2D eigenvalue weighted by atomic mass is 9.69. The molecule has 0 aliphatic carbocycles. The van der Waals surface area contributed by atoms with E-state index in [-0.39, 0.29) is 25.9 Å². The van der Waals surface area contributed by atoms with Gasteiger partial charge in [0.1, 0.15) is 0 Å². The van der Waals surface area contributed by atoms with Crippen LogP contribution in [0.1, 0.15) is 60.8 Å². The van der Waals surface area contributed by atoms with Crippen molar-refractivity contribution in [2.75, 3.05) is 6.61 Å². The van der Waals surface area contributed by atoms with E-state index in [0.717, 1.165) is 0 Å². The molecule has 0 radical (unpaired) electrons. The highest BCUT2D eigenvalue weighted by molar-refractivity contribution is 5.78. The van der Waals surface area contributed by atoms with Gasteiger partial charge in [0.15, 0.2) is 0 Å². The molecule has 0 N–H and O–H groups in total. The Morgan fingerprint density at radius 1 is 0.933 bits per heavy atom. The molecule has 0 fully saturated rings. The Labute approximate surface area is 173 Å². The Morgan fingerprint density at radius 2 is 1.40 bits per heavy atom. The summed E-state index contributed by atoms with van der Waals surface area (Å²) in [5.74, 6) is -2.27. The summed E-state index contributed by atoms with van der Waals surface area (Å²) in [7, 11) is 0. The molecule has 30 heavy (non-hydrogen) atoms. The molecule has 0 aromatic carbocycles. The number of rotatable bonds is 9. The highest BCUT2D eigenvalue weighted by Gasteiger charge is 2.61. The smallest absolute Gasteiger partial charge is 0.434 e. The average molecular weight is 448 g/mol. The molecule has 0 bridgehead atoms. The van der Waals surface area contributed by atoms with Crippen LogP contribution in [-0.4, -0.2) is 37.0 Å². The molecule has 10 heteroatoms. The van der Waals surface area contributed by atoms with Gasteiger partial charge in [-0.15, -0.1) is 6.58 Å². The van der Waals surface area contributed by atoms with Crippen molar-refractivity contribution in [2.45, 2.75) is 79.3 Å². The second kappa shape index (κ2) is 9.60. The van der Waals surface area contributed by atoms with E-state index in [1.807, 2.05) is 20.8 Å². The van der Waals surface area contributed by atoms with Crippen LogP contribution in [0.2, 0.25) is 0 Å². The summed E-state index contributed by atoms with van der Waals surface area (Å²) in [6, 6.07) is 0. The molecule has 0 aliphatic heterocycles. The van der Waals surface area contributed by atoms with E-state index >= 15 is 0 Å². The maximum Gasteiger partial charge on any atom is 0.434 e. The summed E-state index contributed by atoms with van der Waals surface area (Å²) >= 11 is 0. The number of ether oxygens (including phenoxy) is 2. The zero-order valence-electron chi connectivity index (χ0n) is 18.1. The molecule has 0 aromatic rings. The summed E-state index contributed by atoms with van der Waals surface area (Å²) < 4.78 is 85.7. The van der Waals surface area contributed by atoms with Crippen LogP contribution in [0.25, 0.3) is 0 Å². The molecule has 0 spiro atoms. The Hall–Kier alpha value is -1.74. The van der Waals surface area contributed by atoms with Gasteiger partial charge in [0, 0.05) is 0 Å². The third-order valence-electron chi connectivity index (χ3n) is 5.66. The standard InChI is InChI=1S/C20H30F6O4/c1-8-10-18(9-2,11-12-29-14(27)17(6,7)16(3,4)5)15(28)30-13(19(21,22)23)20(24,25)26/h8,13H,1,9-12H2,2-7H3. The molecule has 1 unspecified atom stereocenters. The van der Waals surface area contributed by atoms with Crippen molar-refractivity contribution in [1.29, 1.82) is 0 Å². The number of alkyl halides is 6. The van der Waals surface area contributed by atoms with Gasteiger partial charge >= 0.3 is 24.3 Å². The molecule has 176 valence electrons. The fourth-order valence-electron chi connectivity index (χ4n) is 2.41. The lowest BCUT2D eigenvalue weighted by molar-refractivity contribution is -0.315. The fourth-order valence-corrected chi connectivity index (χ4v) is 2.41. The lowest BCUT2D eigenvalue weighted by Gasteiger charge is -2.37. The first-order chi connectivity index (χ1) is 13.3. The Kier molecular flexibility index (Phi) is 9.04. The van der Waals surface area contributed by atoms with E-state index in [1.165, 1.54) is 13.0 Å². The van der Waals surface area contributed by atoms with Crippen molar-refractivity contribution in [3.8, 4) is 0 Å². The van der Waals surface area contributed by atoms with Crippen LogP contribution in [-0.2, 0) is 19.1 Å². The van der Waals surface area contributed by atoms with E-state index in [2.05, 4.69) is 11.3 Å². The topological polar surface area (TPSA) is 52.6 Å². The van der Waals surface area contributed by atoms with Gasteiger partial charge in [-0.2, -0.15) is 26.3 Å². The first kappa shape index (κ1) is 28.3. The third kappa shape index (κ3) is 6.91. The van der Waals surface area contributed by atoms with Gasteiger partial charge in [0.2, 0.25) is 0 Å². The second-order valence-corrected chi connectivity index (χ2v) is 8.76. The van der Waals surface area contributed by atoms with Gasteiger partial charge in [-0.25, -0.2) is 0 Å². The molecular weight excluding hydrogens is 418 g/mol. The number of carbonyl (C=O) groups excluding carboxylic acids is 2. The molecule has 1 atom stereocenters. The second-order valence-electron chi connectivity index (χ2n) is 8.76. The number of hydrogen-bond acceptors (Lipinski definition) is 4. The Balaban J connectivity index is 5.54. The molecular formula is C20H30F6O4. The molecule has 0 heterocycles. The number of allylic oxidation sites excluding steroid dienone is 1. The lowest BCUT2D eigenvalue weighted by Crippen LogP contribution is -2.48. The molecule has 0 aliphatic rings. The van der Waals surface area contributed by atoms with E-state index in [9.17, 15) is 35.9 Å². The number of carbonyl (C=O) groups is 2. The average Bonchev–Trinajstić information content (AvgIpc) is 2.55. The highest BCUT2D eigenvalue weighted by Crippen LogP contribution is 2.41. The maximum absolute atomic E-state index is 12.8. The zero-order valence-corrected chi connectivity index (χ0v) is 18.1. The van der Waals surface area contributed by atoms with Gasteiger partial charge in [-0.05, 0) is 38.5 Å². The third-order valence-corrected chi connectivity index (χ3v) is 5.66. The first-order valence-electron chi connectivity index (χ1n) is 9.39. The summed E-state index contributed by atoms with van der Waals surface area (Å²) in [6.07, 6.45) is -15.4. The quantitative estimate of drug-likeness (QED) is 0.247. The van der Waals surface area contributed by atoms with E-state index in [0.29, 0.717) is 0 Å². The predicted octanol–water partition coefficient (Wildman–Crippen LogP) is 6.00. The summed E-state index contributed by atoms with van der Waals surface area (Å²) in [6.45, 7) is 13.2.